The van der Waals surface area contributed by atoms with Gasteiger partial charge in [-0.05, 0) is 86.5 Å². The number of aliphatic carboxylic acids is 1. The molecule has 0 spiro atoms. The quantitative estimate of drug-likeness (QED) is 0.391. The number of halogens is 2. The van der Waals surface area contributed by atoms with Gasteiger partial charge in [-0.3, -0.25) is 4.79 Å². The molecule has 8 heteroatoms. The third-order valence-electron chi connectivity index (χ3n) is 6.42. The Morgan fingerprint density at radius 2 is 1.71 bits per heavy atom. The first-order valence-electron chi connectivity index (χ1n) is 12.0. The number of amides is 1. The van der Waals surface area contributed by atoms with E-state index in [0.717, 1.165) is 47.8 Å². The fraction of sp³-hybridized carbons (Fsp3) is 0.481. The zero-order chi connectivity index (χ0) is 25.4. The van der Waals surface area contributed by atoms with E-state index in [2.05, 4.69) is 92.3 Å². The van der Waals surface area contributed by atoms with Crippen LogP contribution < -0.4 is 10.4 Å². The number of carboxylic acid groups (broad SMARTS) is 1. The third-order valence-corrected chi connectivity index (χ3v) is 7.80. The Bertz CT molecular complexity index is 979. The standard InChI is InChI=1S/C27H34Br2N2O4/c1-18-6-8-21(23(28)13-18)27(22-9-7-19(2)14-24(22)29)20-5-3-11-31(15-20)12-4-10-30-25(32)16-35-17-26(33)34/h6-9,13-14,20,27H,3-5,10-12,15-17H2,1-2H3,(H,30,32)(H,33,34)/p-1. The second-order valence-electron chi connectivity index (χ2n) is 9.30. The SMILES string of the molecule is Cc1ccc(C(c2ccc(C)cc2Br)C2CCCN(CCCNC(=O)COCC(=O)[O-])C2)c(Br)c1. The Balaban J connectivity index is 1.65. The summed E-state index contributed by atoms with van der Waals surface area (Å²) in [6.45, 7) is 6.86. The molecule has 3 rings (SSSR count). The van der Waals surface area contributed by atoms with Gasteiger partial charge in [-0.15, -0.1) is 0 Å². The first-order valence-corrected chi connectivity index (χ1v) is 13.6. The second kappa shape index (κ2) is 13.5. The van der Waals surface area contributed by atoms with E-state index in [1.807, 2.05) is 0 Å². The highest BCUT2D eigenvalue weighted by Crippen LogP contribution is 2.43. The lowest BCUT2D eigenvalue weighted by Crippen LogP contribution is -2.40. The number of piperidine rings is 1. The maximum absolute atomic E-state index is 11.8. The summed E-state index contributed by atoms with van der Waals surface area (Å²) in [5.74, 6) is -0.903. The van der Waals surface area contributed by atoms with Crippen LogP contribution in [0.3, 0.4) is 0 Å². The molecule has 1 amide bonds. The number of hydrogen-bond donors (Lipinski definition) is 1. The lowest BCUT2D eigenvalue weighted by atomic mass is 9.76. The highest BCUT2D eigenvalue weighted by atomic mass is 79.9. The summed E-state index contributed by atoms with van der Waals surface area (Å²) < 4.78 is 7.07. The minimum Gasteiger partial charge on any atom is -0.548 e. The van der Waals surface area contributed by atoms with E-state index in [4.69, 9.17) is 4.74 Å². The van der Waals surface area contributed by atoms with Gasteiger partial charge in [0, 0.05) is 28.0 Å². The van der Waals surface area contributed by atoms with Gasteiger partial charge in [0.1, 0.15) is 6.61 Å². The van der Waals surface area contributed by atoms with Crippen LogP contribution >= 0.6 is 31.9 Å². The van der Waals surface area contributed by atoms with Crippen LogP contribution in [0.5, 0.6) is 0 Å². The molecule has 1 unspecified atom stereocenters. The molecule has 0 aliphatic carbocycles. The van der Waals surface area contributed by atoms with Crippen LogP contribution in [0.25, 0.3) is 0 Å². The van der Waals surface area contributed by atoms with Crippen LogP contribution in [-0.2, 0) is 14.3 Å². The molecule has 2 aromatic rings. The zero-order valence-electron chi connectivity index (χ0n) is 20.3. The minimum absolute atomic E-state index is 0.266. The van der Waals surface area contributed by atoms with Gasteiger partial charge >= 0.3 is 0 Å². The van der Waals surface area contributed by atoms with E-state index in [1.165, 1.54) is 22.3 Å². The van der Waals surface area contributed by atoms with Crippen molar-refractivity contribution < 1.29 is 19.4 Å². The van der Waals surface area contributed by atoms with E-state index in [0.29, 0.717) is 12.5 Å². The Morgan fingerprint density at radius 1 is 1.09 bits per heavy atom. The predicted octanol–water partition coefficient (Wildman–Crippen LogP) is 3.95. The predicted molar refractivity (Wildman–Crippen MR) is 142 cm³/mol. The van der Waals surface area contributed by atoms with Crippen molar-refractivity contribution in [1.82, 2.24) is 10.2 Å². The van der Waals surface area contributed by atoms with Crippen molar-refractivity contribution in [3.8, 4) is 0 Å². The number of nitrogens with zero attached hydrogens (tertiary/aromatic N) is 1. The molecule has 1 aliphatic heterocycles. The van der Waals surface area contributed by atoms with E-state index in [1.54, 1.807) is 0 Å². The number of carboxylic acids is 1. The van der Waals surface area contributed by atoms with Gasteiger partial charge in [0.15, 0.2) is 0 Å². The van der Waals surface area contributed by atoms with Gasteiger partial charge in [0.2, 0.25) is 5.91 Å². The zero-order valence-corrected chi connectivity index (χ0v) is 23.5. The summed E-state index contributed by atoms with van der Waals surface area (Å²) in [5, 5.41) is 13.2. The molecule has 0 bridgehead atoms. The van der Waals surface area contributed by atoms with Gasteiger partial charge in [0.05, 0.1) is 12.6 Å². The molecule has 1 aliphatic rings. The molecule has 1 N–H and O–H groups in total. The third kappa shape index (κ3) is 8.41. The maximum Gasteiger partial charge on any atom is 0.246 e. The fourth-order valence-corrected chi connectivity index (χ4v) is 6.30. The Hall–Kier alpha value is -1.74. The lowest BCUT2D eigenvalue weighted by Gasteiger charge is -2.38. The molecule has 190 valence electrons. The van der Waals surface area contributed by atoms with E-state index >= 15 is 0 Å². The number of benzene rings is 2. The molecule has 0 saturated carbocycles. The Morgan fingerprint density at radius 3 is 2.29 bits per heavy atom. The van der Waals surface area contributed by atoms with Crippen molar-refractivity contribution in [1.29, 1.82) is 0 Å². The summed E-state index contributed by atoms with van der Waals surface area (Å²) in [7, 11) is 0. The first kappa shape index (κ1) is 27.8. The fourth-order valence-electron chi connectivity index (χ4n) is 4.82. The van der Waals surface area contributed by atoms with E-state index in [9.17, 15) is 14.7 Å². The van der Waals surface area contributed by atoms with Gasteiger partial charge in [-0.1, -0.05) is 56.1 Å². The summed E-state index contributed by atoms with van der Waals surface area (Å²) >= 11 is 7.68. The Labute approximate surface area is 224 Å². The van der Waals surface area contributed by atoms with Crippen LogP contribution in [0.4, 0.5) is 0 Å². The summed E-state index contributed by atoms with van der Waals surface area (Å²) in [6, 6.07) is 13.3. The van der Waals surface area contributed by atoms with E-state index in [-0.39, 0.29) is 18.4 Å². The van der Waals surface area contributed by atoms with Crippen molar-refractivity contribution in [3.05, 3.63) is 67.6 Å². The normalized spacial score (nSPS) is 16.4. The molecule has 1 fully saturated rings. The van der Waals surface area contributed by atoms with Crippen molar-refractivity contribution >= 4 is 43.7 Å². The molecular formula is C27H33Br2N2O4-. The largest absolute Gasteiger partial charge is 0.548 e. The minimum atomic E-state index is -1.33. The van der Waals surface area contributed by atoms with Crippen LogP contribution in [0.2, 0.25) is 0 Å². The number of nitrogens with one attached hydrogen (secondary N) is 1. The molecule has 1 saturated heterocycles. The number of ether oxygens (including phenoxy) is 1. The Kier molecular flexibility index (Phi) is 10.8. The number of carbonyl (C=O) groups excluding carboxylic acids is 2. The number of aryl methyl sites for hydroxylation is 2. The molecule has 1 heterocycles. The number of rotatable bonds is 11. The lowest BCUT2D eigenvalue weighted by molar-refractivity contribution is -0.309. The van der Waals surface area contributed by atoms with Gasteiger partial charge < -0.3 is 24.9 Å². The highest BCUT2D eigenvalue weighted by molar-refractivity contribution is 9.10. The van der Waals surface area contributed by atoms with Crippen molar-refractivity contribution in [2.75, 3.05) is 39.4 Å². The topological polar surface area (TPSA) is 81.7 Å². The van der Waals surface area contributed by atoms with Crippen molar-refractivity contribution in [2.24, 2.45) is 5.92 Å². The van der Waals surface area contributed by atoms with E-state index < -0.39 is 12.6 Å². The second-order valence-corrected chi connectivity index (χ2v) is 11.0. The first-order chi connectivity index (χ1) is 16.7. The van der Waals surface area contributed by atoms with Crippen molar-refractivity contribution in [3.63, 3.8) is 0 Å². The number of carbonyl (C=O) groups is 2. The molecule has 35 heavy (non-hydrogen) atoms. The number of likely N-dealkylation sites (tertiary alicyclic amines) is 1. The monoisotopic (exact) mass is 607 g/mol. The molecule has 2 aromatic carbocycles. The smallest absolute Gasteiger partial charge is 0.246 e. The molecule has 6 nitrogen and oxygen atoms in total. The number of hydrogen-bond acceptors (Lipinski definition) is 5. The average molecular weight is 609 g/mol. The summed E-state index contributed by atoms with van der Waals surface area (Å²) in [5.41, 5.74) is 5.10. The highest BCUT2D eigenvalue weighted by Gasteiger charge is 2.31. The molecule has 1 atom stereocenters. The molecule has 0 aromatic heterocycles. The molecule has 0 radical (unpaired) electrons. The molecular weight excluding hydrogens is 576 g/mol. The summed E-state index contributed by atoms with van der Waals surface area (Å²) in [6.07, 6.45) is 3.12. The van der Waals surface area contributed by atoms with Crippen LogP contribution in [0.15, 0.2) is 45.3 Å². The van der Waals surface area contributed by atoms with Crippen LogP contribution in [-0.4, -0.2) is 56.2 Å². The maximum atomic E-state index is 11.8. The van der Waals surface area contributed by atoms with Gasteiger partial charge in [-0.25, -0.2) is 0 Å². The summed E-state index contributed by atoms with van der Waals surface area (Å²) in [4.78, 5) is 24.6. The van der Waals surface area contributed by atoms with Crippen LogP contribution in [0.1, 0.15) is 47.4 Å². The van der Waals surface area contributed by atoms with Crippen molar-refractivity contribution in [2.45, 2.75) is 39.0 Å². The van der Waals surface area contributed by atoms with Gasteiger partial charge in [-0.2, -0.15) is 0 Å². The average Bonchev–Trinajstić information content (AvgIpc) is 2.79. The van der Waals surface area contributed by atoms with Gasteiger partial charge in [0.25, 0.3) is 0 Å². The van der Waals surface area contributed by atoms with Crippen LogP contribution in [0, 0.1) is 19.8 Å².